The number of alkyl carbamates (subject to hydrolysis) is 1. The van der Waals surface area contributed by atoms with Gasteiger partial charge in [-0.1, -0.05) is 18.2 Å². The second-order valence-corrected chi connectivity index (χ2v) is 8.84. The molecule has 7 nitrogen and oxygen atoms in total. The fourth-order valence-electron chi connectivity index (χ4n) is 3.90. The number of aromatic nitrogens is 1. The average Bonchev–Trinajstić information content (AvgIpc) is 3.23. The lowest BCUT2D eigenvalue weighted by Crippen LogP contribution is -2.44. The van der Waals surface area contributed by atoms with Gasteiger partial charge in [0.1, 0.15) is 5.60 Å². The summed E-state index contributed by atoms with van der Waals surface area (Å²) in [4.78, 5) is 22.6. The van der Waals surface area contributed by atoms with Gasteiger partial charge >= 0.3 is 6.09 Å². The number of para-hydroxylation sites is 1. The molecular formula is C23H36IN5O2. The Kier molecular flexibility index (Phi) is 9.02. The molecule has 0 bridgehead atoms. The number of aryl methyl sites for hydroxylation is 1. The van der Waals surface area contributed by atoms with Crippen LogP contribution in [-0.4, -0.2) is 59.8 Å². The molecule has 0 aliphatic carbocycles. The number of guanidine groups is 1. The van der Waals surface area contributed by atoms with Crippen LogP contribution in [0.2, 0.25) is 0 Å². The molecule has 1 aliphatic heterocycles. The Morgan fingerprint density at radius 3 is 2.77 bits per heavy atom. The van der Waals surface area contributed by atoms with Gasteiger partial charge in [0.05, 0.1) is 6.04 Å². The highest BCUT2D eigenvalue weighted by atomic mass is 127. The number of carbonyl (C=O) groups is 1. The van der Waals surface area contributed by atoms with Gasteiger partial charge in [-0.15, -0.1) is 24.0 Å². The molecule has 1 aromatic heterocycles. The van der Waals surface area contributed by atoms with Crippen molar-refractivity contribution in [2.45, 2.75) is 59.1 Å². The summed E-state index contributed by atoms with van der Waals surface area (Å²) in [7, 11) is 0. The Morgan fingerprint density at radius 2 is 2.06 bits per heavy atom. The van der Waals surface area contributed by atoms with Crippen LogP contribution in [0.25, 0.3) is 10.9 Å². The Morgan fingerprint density at radius 1 is 1.32 bits per heavy atom. The first kappa shape index (κ1) is 25.3. The molecule has 1 aliphatic rings. The fourth-order valence-corrected chi connectivity index (χ4v) is 3.90. The van der Waals surface area contributed by atoms with E-state index in [1.165, 1.54) is 22.2 Å². The van der Waals surface area contributed by atoms with Gasteiger partial charge in [0.15, 0.2) is 5.96 Å². The summed E-state index contributed by atoms with van der Waals surface area (Å²) in [6.07, 6.45) is 1.41. The highest BCUT2D eigenvalue weighted by Crippen LogP contribution is 2.22. The molecule has 0 spiro atoms. The molecule has 31 heavy (non-hydrogen) atoms. The standard InChI is InChI=1S/C23H35N5O2.HI/c1-6-24-21(28-14-12-17(15-28)27-22(29)30-23(3,4)5)25-13-11-18-16(2)26-20-10-8-7-9-19(18)20;/h7-10,17,26H,6,11-15H2,1-5H3,(H,24,25)(H,27,29);1H. The number of nitrogens with one attached hydrogen (secondary N) is 3. The van der Waals surface area contributed by atoms with E-state index in [4.69, 9.17) is 9.73 Å². The highest BCUT2D eigenvalue weighted by Gasteiger charge is 2.27. The van der Waals surface area contributed by atoms with Gasteiger partial charge in [-0.3, -0.25) is 4.99 Å². The van der Waals surface area contributed by atoms with Crippen LogP contribution in [-0.2, 0) is 11.2 Å². The zero-order chi connectivity index (χ0) is 21.7. The highest BCUT2D eigenvalue weighted by molar-refractivity contribution is 14.0. The topological polar surface area (TPSA) is 81.8 Å². The van der Waals surface area contributed by atoms with Gasteiger partial charge in [-0.05, 0) is 59.1 Å². The first-order valence-corrected chi connectivity index (χ1v) is 10.9. The molecule has 3 rings (SSSR count). The summed E-state index contributed by atoms with van der Waals surface area (Å²) in [6.45, 7) is 12.9. The van der Waals surface area contributed by atoms with Crippen LogP contribution in [0.5, 0.6) is 0 Å². The Balaban J connectivity index is 0.00000341. The van der Waals surface area contributed by atoms with Crippen molar-refractivity contribution < 1.29 is 9.53 Å². The van der Waals surface area contributed by atoms with Crippen LogP contribution < -0.4 is 10.6 Å². The fraction of sp³-hybridized carbons (Fsp3) is 0.565. The summed E-state index contributed by atoms with van der Waals surface area (Å²) in [5, 5.41) is 7.65. The average molecular weight is 541 g/mol. The minimum absolute atomic E-state index is 0. The summed E-state index contributed by atoms with van der Waals surface area (Å²) >= 11 is 0. The second kappa shape index (κ2) is 11.1. The van der Waals surface area contributed by atoms with E-state index < -0.39 is 5.60 Å². The maximum absolute atomic E-state index is 12.1. The molecule has 1 atom stereocenters. The van der Waals surface area contributed by atoms with Crippen molar-refractivity contribution in [1.82, 2.24) is 20.5 Å². The summed E-state index contributed by atoms with van der Waals surface area (Å²) in [5.74, 6) is 0.906. The second-order valence-electron chi connectivity index (χ2n) is 8.84. The summed E-state index contributed by atoms with van der Waals surface area (Å²) in [5.41, 5.74) is 3.23. The number of hydrogen-bond acceptors (Lipinski definition) is 3. The molecule has 1 unspecified atom stereocenters. The molecule has 3 N–H and O–H groups in total. The van der Waals surface area contributed by atoms with Gasteiger partial charge in [0.25, 0.3) is 0 Å². The molecule has 2 aromatic rings. The number of H-pyrrole nitrogens is 1. The van der Waals surface area contributed by atoms with E-state index in [0.717, 1.165) is 38.4 Å². The van der Waals surface area contributed by atoms with Crippen LogP contribution in [0.3, 0.4) is 0 Å². The largest absolute Gasteiger partial charge is 0.444 e. The normalized spacial score (nSPS) is 16.9. The third-order valence-corrected chi connectivity index (χ3v) is 5.19. The van der Waals surface area contributed by atoms with Crippen molar-refractivity contribution in [3.8, 4) is 0 Å². The molecule has 8 heteroatoms. The number of halogens is 1. The third-order valence-electron chi connectivity index (χ3n) is 5.19. The molecule has 1 aromatic carbocycles. The smallest absolute Gasteiger partial charge is 0.407 e. The first-order valence-electron chi connectivity index (χ1n) is 10.9. The van der Waals surface area contributed by atoms with Gasteiger partial charge < -0.3 is 25.3 Å². The number of ether oxygens (including phenoxy) is 1. The quantitative estimate of drug-likeness (QED) is 0.301. The number of rotatable bonds is 5. The van der Waals surface area contributed by atoms with Crippen molar-refractivity contribution >= 4 is 46.9 Å². The number of amides is 1. The van der Waals surface area contributed by atoms with E-state index in [9.17, 15) is 4.79 Å². The molecule has 172 valence electrons. The van der Waals surface area contributed by atoms with Gasteiger partial charge in [0, 0.05) is 42.8 Å². The van der Waals surface area contributed by atoms with Crippen LogP contribution in [0.1, 0.15) is 45.4 Å². The minimum atomic E-state index is -0.487. The van der Waals surface area contributed by atoms with Crippen molar-refractivity contribution in [3.63, 3.8) is 0 Å². The molecule has 1 amide bonds. The summed E-state index contributed by atoms with van der Waals surface area (Å²) < 4.78 is 5.38. The predicted molar refractivity (Wildman–Crippen MR) is 137 cm³/mol. The van der Waals surface area contributed by atoms with Crippen molar-refractivity contribution in [1.29, 1.82) is 0 Å². The number of benzene rings is 1. The SMILES string of the molecule is CCNC(=NCCc1c(C)[nH]c2ccccc12)N1CCC(NC(=O)OC(C)(C)C)C1.I. The molecule has 1 saturated heterocycles. The van der Waals surface area contributed by atoms with Crippen LogP contribution in [0, 0.1) is 6.92 Å². The molecular weight excluding hydrogens is 505 g/mol. The predicted octanol–water partition coefficient (Wildman–Crippen LogP) is 4.20. The van der Waals surface area contributed by atoms with Crippen molar-refractivity contribution in [2.24, 2.45) is 4.99 Å². The molecule has 2 heterocycles. The molecule has 1 fully saturated rings. The monoisotopic (exact) mass is 541 g/mol. The van der Waals surface area contributed by atoms with Gasteiger partial charge in [-0.25, -0.2) is 4.79 Å². The summed E-state index contributed by atoms with van der Waals surface area (Å²) in [6, 6.07) is 8.48. The van der Waals surface area contributed by atoms with Crippen LogP contribution >= 0.6 is 24.0 Å². The van der Waals surface area contributed by atoms with E-state index >= 15 is 0 Å². The van der Waals surface area contributed by atoms with E-state index in [1.807, 2.05) is 20.8 Å². The van der Waals surface area contributed by atoms with Gasteiger partial charge in [-0.2, -0.15) is 0 Å². The molecule has 0 radical (unpaired) electrons. The first-order chi connectivity index (χ1) is 14.3. The van der Waals surface area contributed by atoms with E-state index in [1.54, 1.807) is 0 Å². The number of likely N-dealkylation sites (tertiary alicyclic amines) is 1. The number of aliphatic imine (C=N–C) groups is 1. The Hall–Kier alpha value is -1.97. The lowest BCUT2D eigenvalue weighted by atomic mass is 10.1. The van der Waals surface area contributed by atoms with Gasteiger partial charge in [0.2, 0.25) is 0 Å². The zero-order valence-corrected chi connectivity index (χ0v) is 21.6. The third kappa shape index (κ3) is 7.02. The lowest BCUT2D eigenvalue weighted by Gasteiger charge is -2.23. The number of fused-ring (bicyclic) bond motifs is 1. The maximum Gasteiger partial charge on any atom is 0.407 e. The Labute approximate surface area is 202 Å². The van der Waals surface area contributed by atoms with Crippen molar-refractivity contribution in [3.05, 3.63) is 35.5 Å². The number of carbonyl (C=O) groups excluding carboxylic acids is 1. The Bertz CT molecular complexity index is 903. The number of nitrogens with zero attached hydrogens (tertiary/aromatic N) is 2. The number of hydrogen-bond donors (Lipinski definition) is 3. The van der Waals surface area contributed by atoms with E-state index in [0.29, 0.717) is 6.54 Å². The van der Waals surface area contributed by atoms with Crippen molar-refractivity contribution in [2.75, 3.05) is 26.2 Å². The van der Waals surface area contributed by atoms with Crippen LogP contribution in [0.15, 0.2) is 29.3 Å². The zero-order valence-electron chi connectivity index (χ0n) is 19.2. The maximum atomic E-state index is 12.1. The van der Waals surface area contributed by atoms with Crippen LogP contribution in [0.4, 0.5) is 4.79 Å². The number of aromatic amines is 1. The van der Waals surface area contributed by atoms with E-state index in [-0.39, 0.29) is 36.1 Å². The van der Waals surface area contributed by atoms with E-state index in [2.05, 4.69) is 58.6 Å². The lowest BCUT2D eigenvalue weighted by molar-refractivity contribution is 0.0507. The molecule has 0 saturated carbocycles. The minimum Gasteiger partial charge on any atom is -0.444 e.